The number of Topliss-reactive ketones (excluding diaryl/α,β-unsaturated/α-hetero) is 1. The number of ketones is 1. The zero-order valence-corrected chi connectivity index (χ0v) is 20.3. The van der Waals surface area contributed by atoms with Crippen LogP contribution in [0.25, 0.3) is 0 Å². The summed E-state index contributed by atoms with van der Waals surface area (Å²) in [6.45, 7) is 23.8. The average molecular weight is 410 g/mol. The average Bonchev–Trinajstić information content (AvgIpc) is 2.70. The van der Waals surface area contributed by atoms with Crippen LogP contribution >= 0.6 is 11.8 Å². The van der Waals surface area contributed by atoms with Crippen LogP contribution in [0.5, 0.6) is 0 Å². The molecule has 1 aliphatic rings. The van der Waals surface area contributed by atoms with Crippen molar-refractivity contribution in [2.45, 2.75) is 104 Å². The van der Waals surface area contributed by atoms with Crippen LogP contribution in [0.2, 0.25) is 0 Å². The van der Waals surface area contributed by atoms with E-state index >= 15 is 0 Å². The Morgan fingerprint density at radius 3 is 1.93 bits per heavy atom. The van der Waals surface area contributed by atoms with Crippen LogP contribution in [-0.4, -0.2) is 38.0 Å². The van der Waals surface area contributed by atoms with Crippen molar-refractivity contribution in [3.8, 4) is 0 Å². The quantitative estimate of drug-likeness (QED) is 0.378. The van der Waals surface area contributed by atoms with Gasteiger partial charge in [0.05, 0.1) is 5.25 Å². The fourth-order valence-electron chi connectivity index (χ4n) is 4.26. The van der Waals surface area contributed by atoms with Gasteiger partial charge >= 0.3 is 0 Å². The molecular formula is C23H39NO3S. The van der Waals surface area contributed by atoms with Crippen molar-refractivity contribution in [2.24, 2.45) is 10.8 Å². The minimum atomic E-state index is -0.575. The molecule has 2 amide bonds. The second kappa shape index (κ2) is 7.97. The van der Waals surface area contributed by atoms with Crippen LogP contribution in [-0.2, 0) is 14.4 Å². The highest BCUT2D eigenvalue weighted by Gasteiger charge is 2.49. The van der Waals surface area contributed by atoms with Gasteiger partial charge in [-0.2, -0.15) is 0 Å². The number of rotatable bonds is 9. The standard InChI is InChI=1S/C23H39NO3S/c1-15(2)20(4,5)13-22(8,9)24-18(26)12-17(19(24)27)28-23(10,11)14-21(6,7)16(3)25/h17H,1,12-14H2,2-11H3. The summed E-state index contributed by atoms with van der Waals surface area (Å²) >= 11 is 1.53. The number of thioether (sulfide) groups is 1. The van der Waals surface area contributed by atoms with Crippen LogP contribution in [0.3, 0.4) is 0 Å². The summed E-state index contributed by atoms with van der Waals surface area (Å²) in [5.41, 5.74) is -0.153. The smallest absolute Gasteiger partial charge is 0.243 e. The minimum absolute atomic E-state index is 0.105. The maximum atomic E-state index is 13.2. The fourth-order valence-corrected chi connectivity index (χ4v) is 5.91. The van der Waals surface area contributed by atoms with Crippen LogP contribution in [0.1, 0.15) is 88.5 Å². The molecule has 1 atom stereocenters. The number of nitrogens with zero attached hydrogens (tertiary/aromatic N) is 1. The third-order valence-electron chi connectivity index (χ3n) is 6.02. The van der Waals surface area contributed by atoms with Crippen LogP contribution in [0.15, 0.2) is 12.2 Å². The monoisotopic (exact) mass is 409 g/mol. The molecular weight excluding hydrogens is 370 g/mol. The van der Waals surface area contributed by atoms with Gasteiger partial charge in [0.15, 0.2) is 0 Å². The van der Waals surface area contributed by atoms with Crippen molar-refractivity contribution in [3.05, 3.63) is 12.2 Å². The van der Waals surface area contributed by atoms with Crippen molar-refractivity contribution < 1.29 is 14.4 Å². The molecule has 0 radical (unpaired) electrons. The first-order valence-corrected chi connectivity index (χ1v) is 10.9. The van der Waals surface area contributed by atoms with Gasteiger partial charge in [0.1, 0.15) is 5.78 Å². The van der Waals surface area contributed by atoms with Gasteiger partial charge in [-0.3, -0.25) is 19.3 Å². The molecule has 0 aromatic heterocycles. The summed E-state index contributed by atoms with van der Waals surface area (Å²) < 4.78 is -0.285. The fraction of sp³-hybridized carbons (Fsp3) is 0.783. The Labute approximate surface area is 175 Å². The molecule has 1 unspecified atom stereocenters. The maximum Gasteiger partial charge on any atom is 0.243 e. The van der Waals surface area contributed by atoms with E-state index < -0.39 is 16.2 Å². The first-order chi connectivity index (χ1) is 12.3. The lowest BCUT2D eigenvalue weighted by molar-refractivity contribution is -0.145. The van der Waals surface area contributed by atoms with E-state index in [0.717, 1.165) is 5.57 Å². The van der Waals surface area contributed by atoms with Gasteiger partial charge in [-0.25, -0.2) is 0 Å². The first kappa shape index (κ1) is 24.9. The molecule has 1 heterocycles. The van der Waals surface area contributed by atoms with Crippen molar-refractivity contribution >= 4 is 29.4 Å². The molecule has 4 nitrogen and oxygen atoms in total. The summed E-state index contributed by atoms with van der Waals surface area (Å²) in [6.07, 6.45) is 1.55. The van der Waals surface area contributed by atoms with E-state index in [1.807, 2.05) is 34.6 Å². The first-order valence-electron chi connectivity index (χ1n) is 10.0. The number of hydrogen-bond donors (Lipinski definition) is 0. The summed E-state index contributed by atoms with van der Waals surface area (Å²) in [7, 11) is 0. The Morgan fingerprint density at radius 2 is 1.50 bits per heavy atom. The lowest BCUT2D eigenvalue weighted by Gasteiger charge is -2.41. The van der Waals surface area contributed by atoms with Gasteiger partial charge in [-0.15, -0.1) is 11.8 Å². The topological polar surface area (TPSA) is 54.5 Å². The van der Waals surface area contributed by atoms with Crippen molar-refractivity contribution in [2.75, 3.05) is 0 Å². The molecule has 0 aromatic rings. The molecule has 1 rings (SSSR count). The predicted octanol–water partition coefficient (Wildman–Crippen LogP) is 5.40. The number of imide groups is 1. The second-order valence-electron chi connectivity index (χ2n) is 10.9. The molecule has 0 aromatic carbocycles. The lowest BCUT2D eigenvalue weighted by atomic mass is 9.75. The van der Waals surface area contributed by atoms with Crippen LogP contribution in [0.4, 0.5) is 0 Å². The summed E-state index contributed by atoms with van der Waals surface area (Å²) in [5, 5.41) is -0.391. The normalized spacial score (nSPS) is 19.4. The van der Waals surface area contributed by atoms with Crippen molar-refractivity contribution in [3.63, 3.8) is 0 Å². The van der Waals surface area contributed by atoms with Gasteiger partial charge in [-0.05, 0) is 46.0 Å². The van der Waals surface area contributed by atoms with E-state index in [2.05, 4.69) is 34.3 Å². The van der Waals surface area contributed by atoms with Gasteiger partial charge in [-0.1, -0.05) is 53.7 Å². The molecule has 160 valence electrons. The number of carbonyl (C=O) groups excluding carboxylic acids is 3. The van der Waals surface area contributed by atoms with E-state index in [0.29, 0.717) is 12.8 Å². The molecule has 0 aliphatic carbocycles. The highest BCUT2D eigenvalue weighted by molar-refractivity contribution is 8.02. The number of allylic oxidation sites excluding steroid dienone is 1. The Morgan fingerprint density at radius 1 is 1.00 bits per heavy atom. The Hall–Kier alpha value is -1.10. The van der Waals surface area contributed by atoms with Gasteiger partial charge < -0.3 is 0 Å². The third-order valence-corrected chi connectivity index (χ3v) is 7.46. The molecule has 0 spiro atoms. The van der Waals surface area contributed by atoms with Gasteiger partial charge in [0, 0.05) is 22.1 Å². The highest BCUT2D eigenvalue weighted by atomic mass is 32.2. The van der Waals surface area contributed by atoms with Crippen LogP contribution < -0.4 is 0 Å². The van der Waals surface area contributed by atoms with Crippen LogP contribution in [0, 0.1) is 10.8 Å². The number of hydrogen-bond acceptors (Lipinski definition) is 4. The van der Waals surface area contributed by atoms with E-state index in [1.54, 1.807) is 6.92 Å². The minimum Gasteiger partial charge on any atom is -0.299 e. The number of likely N-dealkylation sites (tertiary alicyclic amines) is 1. The predicted molar refractivity (Wildman–Crippen MR) is 118 cm³/mol. The lowest BCUT2D eigenvalue weighted by Crippen LogP contribution is -2.50. The Bertz CT molecular complexity index is 673. The zero-order chi connectivity index (χ0) is 22.3. The van der Waals surface area contributed by atoms with Gasteiger partial charge in [0.2, 0.25) is 11.8 Å². The molecule has 5 heteroatoms. The highest BCUT2D eigenvalue weighted by Crippen LogP contribution is 2.45. The SMILES string of the molecule is C=C(C)C(C)(C)CC(C)(C)N1C(=O)CC(SC(C)(C)CC(C)(C)C(C)=O)C1=O. The largest absolute Gasteiger partial charge is 0.299 e. The summed E-state index contributed by atoms with van der Waals surface area (Å²) in [6, 6.07) is 0. The zero-order valence-electron chi connectivity index (χ0n) is 19.5. The second-order valence-corrected chi connectivity index (χ2v) is 12.8. The molecule has 1 fully saturated rings. The van der Waals surface area contributed by atoms with Gasteiger partial charge in [0.25, 0.3) is 0 Å². The third kappa shape index (κ3) is 5.71. The number of amides is 2. The maximum absolute atomic E-state index is 13.2. The molecule has 1 aliphatic heterocycles. The number of carbonyl (C=O) groups is 3. The summed E-state index contributed by atoms with van der Waals surface area (Å²) in [4.78, 5) is 39.4. The van der Waals surface area contributed by atoms with E-state index in [-0.39, 0.29) is 34.2 Å². The molecule has 28 heavy (non-hydrogen) atoms. The van der Waals surface area contributed by atoms with E-state index in [1.165, 1.54) is 16.7 Å². The van der Waals surface area contributed by atoms with Crippen molar-refractivity contribution in [1.29, 1.82) is 0 Å². The summed E-state index contributed by atoms with van der Waals surface area (Å²) in [5.74, 6) is -0.0716. The molecule has 0 bridgehead atoms. The Kier molecular flexibility index (Phi) is 7.09. The van der Waals surface area contributed by atoms with E-state index in [9.17, 15) is 14.4 Å². The molecule has 1 saturated heterocycles. The molecule has 0 N–H and O–H groups in total. The van der Waals surface area contributed by atoms with E-state index in [4.69, 9.17) is 0 Å². The van der Waals surface area contributed by atoms with Crippen molar-refractivity contribution in [1.82, 2.24) is 4.90 Å². The Balaban J connectivity index is 2.99. The molecule has 0 saturated carbocycles.